The number of likely N-dealkylation sites (tertiary alicyclic amines) is 1. The summed E-state index contributed by atoms with van der Waals surface area (Å²) in [5.41, 5.74) is 8.39. The van der Waals surface area contributed by atoms with E-state index in [1.807, 2.05) is 33.9 Å². The number of hydrazine groups is 1. The number of rotatable bonds is 10. The van der Waals surface area contributed by atoms with Gasteiger partial charge in [0.25, 0.3) is 0 Å². The number of allylic oxidation sites excluding steroid dienone is 2. The number of imidazole rings is 2. The fraction of sp³-hybridized carbons (Fsp3) is 0.429. The first-order chi connectivity index (χ1) is 27.0. The Balaban J connectivity index is 1.02. The van der Waals surface area contributed by atoms with E-state index >= 15 is 0 Å². The molecule has 2 bridgehead atoms. The van der Waals surface area contributed by atoms with Gasteiger partial charge in [0, 0.05) is 18.5 Å². The van der Waals surface area contributed by atoms with E-state index < -0.39 is 18.2 Å². The van der Waals surface area contributed by atoms with E-state index in [1.165, 1.54) is 19.2 Å². The first-order valence-electron chi connectivity index (χ1n) is 19.3. The number of nitrogens with one attached hydrogen (secondary N) is 4. The molecule has 3 aliphatic rings. The highest BCUT2D eigenvalue weighted by Gasteiger charge is 2.51. The number of H-pyrrole nitrogens is 2. The Morgan fingerprint density at radius 3 is 1.91 bits per heavy atom. The van der Waals surface area contributed by atoms with Crippen molar-refractivity contribution in [2.45, 2.75) is 71.0 Å². The minimum absolute atomic E-state index is 0.0712. The molecule has 56 heavy (non-hydrogen) atoms. The fourth-order valence-corrected chi connectivity index (χ4v) is 8.46. The number of nitrogens with zero attached hydrogens (tertiary/aromatic N) is 4. The molecule has 1 saturated heterocycles. The maximum absolute atomic E-state index is 13.9. The summed E-state index contributed by atoms with van der Waals surface area (Å²) >= 11 is 0. The van der Waals surface area contributed by atoms with Crippen LogP contribution >= 0.6 is 0 Å². The molecule has 2 aliphatic carbocycles. The van der Waals surface area contributed by atoms with Gasteiger partial charge in [-0.1, -0.05) is 74.5 Å². The van der Waals surface area contributed by atoms with Crippen LogP contribution in [0.4, 0.5) is 9.59 Å². The number of hydrogen-bond acceptors (Lipinski definition) is 8. The van der Waals surface area contributed by atoms with Crippen LogP contribution in [0.5, 0.6) is 0 Å². The first-order valence-corrected chi connectivity index (χ1v) is 19.3. The van der Waals surface area contributed by atoms with E-state index in [2.05, 4.69) is 86.4 Å². The monoisotopic (exact) mass is 762 g/mol. The van der Waals surface area contributed by atoms with Crippen molar-refractivity contribution in [1.29, 1.82) is 0 Å². The van der Waals surface area contributed by atoms with E-state index in [4.69, 9.17) is 14.5 Å². The number of aromatic amines is 2. The maximum Gasteiger partial charge on any atom is 0.425 e. The molecule has 6 atom stereocenters. The van der Waals surface area contributed by atoms with Crippen LogP contribution in [-0.2, 0) is 19.1 Å². The van der Waals surface area contributed by atoms with Gasteiger partial charge in [-0.25, -0.2) is 30.0 Å². The summed E-state index contributed by atoms with van der Waals surface area (Å²) in [6.07, 6.45) is 9.12. The van der Waals surface area contributed by atoms with E-state index in [1.54, 1.807) is 11.1 Å². The molecule has 2 aromatic carbocycles. The van der Waals surface area contributed by atoms with Gasteiger partial charge in [-0.3, -0.25) is 9.59 Å². The molecule has 294 valence electrons. The van der Waals surface area contributed by atoms with Crippen LogP contribution in [0, 0.1) is 23.7 Å². The quantitative estimate of drug-likeness (QED) is 0.103. The van der Waals surface area contributed by atoms with Gasteiger partial charge < -0.3 is 29.7 Å². The van der Waals surface area contributed by atoms with Crippen molar-refractivity contribution >= 4 is 24.0 Å². The van der Waals surface area contributed by atoms with Crippen molar-refractivity contribution in [3.05, 3.63) is 84.7 Å². The molecule has 14 nitrogen and oxygen atoms in total. The van der Waals surface area contributed by atoms with Crippen molar-refractivity contribution in [1.82, 2.24) is 40.6 Å². The minimum atomic E-state index is -0.689. The van der Waals surface area contributed by atoms with E-state index in [0.29, 0.717) is 6.54 Å². The summed E-state index contributed by atoms with van der Waals surface area (Å²) in [5.74, 6) is 0.851. The molecule has 4 aromatic rings. The van der Waals surface area contributed by atoms with Crippen molar-refractivity contribution in [2.75, 3.05) is 20.8 Å². The molecule has 1 saturated carbocycles. The number of carbonyl (C=O) groups is 4. The van der Waals surface area contributed by atoms with Crippen LogP contribution in [0.15, 0.2) is 73.1 Å². The Kier molecular flexibility index (Phi) is 11.0. The zero-order chi connectivity index (χ0) is 39.7. The van der Waals surface area contributed by atoms with Crippen molar-refractivity contribution in [2.24, 2.45) is 23.7 Å². The van der Waals surface area contributed by atoms with Crippen LogP contribution < -0.4 is 10.7 Å². The first kappa shape index (κ1) is 38.4. The summed E-state index contributed by atoms with van der Waals surface area (Å²) in [4.78, 5) is 69.6. The SMILES string of the molecule is COC(=O)NC(C(=O)N1CCC[C@H]1c1ncc(-c2ccc(-c3ccc(-c4cnc([C@H]5C6C=CC(C6)[C@H]5C(=O)N(NC(=O)OC)C(C)C)[nH]4)cc3)cc2)[nH]1)C(C)C. The lowest BCUT2D eigenvalue weighted by atomic mass is 9.81. The van der Waals surface area contributed by atoms with Crippen LogP contribution in [0.25, 0.3) is 33.6 Å². The minimum Gasteiger partial charge on any atom is -0.453 e. The lowest BCUT2D eigenvalue weighted by Crippen LogP contribution is -2.53. The number of aromatic nitrogens is 4. The van der Waals surface area contributed by atoms with Gasteiger partial charge in [0.05, 0.1) is 50.0 Å². The number of benzene rings is 2. The predicted octanol–water partition coefficient (Wildman–Crippen LogP) is 6.59. The van der Waals surface area contributed by atoms with Gasteiger partial charge in [-0.05, 0) is 73.1 Å². The molecule has 3 unspecified atom stereocenters. The fourth-order valence-electron chi connectivity index (χ4n) is 8.46. The Morgan fingerprint density at radius 1 is 0.786 bits per heavy atom. The highest BCUT2D eigenvalue weighted by atomic mass is 16.5. The molecule has 4 N–H and O–H groups in total. The molecule has 2 aromatic heterocycles. The maximum atomic E-state index is 13.9. The third kappa shape index (κ3) is 7.52. The highest BCUT2D eigenvalue weighted by molar-refractivity contribution is 5.86. The van der Waals surface area contributed by atoms with Gasteiger partial charge in [0.2, 0.25) is 11.8 Å². The Bertz CT molecular complexity index is 2090. The molecule has 0 radical (unpaired) electrons. The second-order valence-electron chi connectivity index (χ2n) is 15.5. The molecule has 14 heteroatoms. The van der Waals surface area contributed by atoms with Crippen LogP contribution in [-0.4, -0.2) is 86.7 Å². The largest absolute Gasteiger partial charge is 0.453 e. The zero-order valence-electron chi connectivity index (χ0n) is 32.6. The summed E-state index contributed by atoms with van der Waals surface area (Å²) in [6.45, 7) is 8.11. The standard InChI is InChI=1S/C42H50N8O6/c1-23(2)36(47-41(53)55-5)40(52)49-19-7-8-33(49)37-43-21-31(45-37)27-13-9-25(10-14-27)26-11-15-28(16-12-26)32-22-44-38(46-32)34-29-17-18-30(20-29)35(34)39(51)50(24(3)4)48-42(54)56-6/h9-18,21-24,29-30,33-36H,7-8,19-20H2,1-6H3,(H,43,45)(H,44,46)(H,47,53)(H,48,54)/t29?,30?,33-,34-,35+,36?/m0/s1. The lowest BCUT2D eigenvalue weighted by molar-refractivity contribution is -0.142. The third-order valence-electron chi connectivity index (χ3n) is 11.4. The van der Waals surface area contributed by atoms with Gasteiger partial charge in [-0.2, -0.15) is 0 Å². The van der Waals surface area contributed by atoms with Crippen molar-refractivity contribution in [3.63, 3.8) is 0 Å². The van der Waals surface area contributed by atoms with Crippen LogP contribution in [0.2, 0.25) is 0 Å². The number of carbonyl (C=O) groups excluding carboxylic acids is 4. The second kappa shape index (κ2) is 16.0. The van der Waals surface area contributed by atoms with E-state index in [-0.39, 0.29) is 53.5 Å². The summed E-state index contributed by atoms with van der Waals surface area (Å²) in [5, 5.41) is 4.07. The average Bonchev–Trinajstić information content (AvgIpc) is 4.06. The highest BCUT2D eigenvalue weighted by Crippen LogP contribution is 2.53. The molecular weight excluding hydrogens is 713 g/mol. The van der Waals surface area contributed by atoms with E-state index in [9.17, 15) is 19.2 Å². The lowest BCUT2D eigenvalue weighted by Gasteiger charge is -2.33. The van der Waals surface area contributed by atoms with Crippen LogP contribution in [0.1, 0.15) is 70.6 Å². The summed E-state index contributed by atoms with van der Waals surface area (Å²) in [7, 11) is 2.57. The Hall–Kier alpha value is -5.92. The zero-order valence-corrected chi connectivity index (χ0v) is 32.6. The molecule has 4 amide bonds. The van der Waals surface area contributed by atoms with E-state index in [0.717, 1.165) is 64.6 Å². The number of fused-ring (bicyclic) bond motifs is 2. The van der Waals surface area contributed by atoms with Gasteiger partial charge in [-0.15, -0.1) is 0 Å². The van der Waals surface area contributed by atoms with Crippen molar-refractivity contribution < 1.29 is 28.7 Å². The number of amides is 4. The average molecular weight is 763 g/mol. The normalized spacial score (nSPS) is 21.7. The van der Waals surface area contributed by atoms with Crippen LogP contribution in [0.3, 0.4) is 0 Å². The predicted molar refractivity (Wildman–Crippen MR) is 209 cm³/mol. The molecular formula is C42H50N8O6. The third-order valence-corrected chi connectivity index (χ3v) is 11.4. The smallest absolute Gasteiger partial charge is 0.425 e. The van der Waals surface area contributed by atoms with Gasteiger partial charge in [0.15, 0.2) is 0 Å². The number of hydrogen-bond donors (Lipinski definition) is 4. The van der Waals surface area contributed by atoms with Gasteiger partial charge in [0.1, 0.15) is 17.7 Å². The van der Waals surface area contributed by atoms with Gasteiger partial charge >= 0.3 is 12.2 Å². The number of methoxy groups -OCH3 is 2. The topological polar surface area (TPSA) is 175 Å². The Morgan fingerprint density at radius 2 is 1.34 bits per heavy atom. The molecule has 0 spiro atoms. The molecule has 3 heterocycles. The molecule has 2 fully saturated rings. The molecule has 7 rings (SSSR count). The molecule has 1 aliphatic heterocycles. The Labute approximate surface area is 326 Å². The van der Waals surface area contributed by atoms with Crippen molar-refractivity contribution in [3.8, 4) is 33.6 Å². The number of ether oxygens (including phenoxy) is 2. The number of alkyl carbamates (subject to hydrolysis) is 1. The summed E-state index contributed by atoms with van der Waals surface area (Å²) < 4.78 is 9.53. The second-order valence-corrected chi connectivity index (χ2v) is 15.5. The summed E-state index contributed by atoms with van der Waals surface area (Å²) in [6, 6.07) is 15.4.